The van der Waals surface area contributed by atoms with Crippen molar-refractivity contribution >= 4 is 11.6 Å². The predicted molar refractivity (Wildman–Crippen MR) is 115 cm³/mol. The van der Waals surface area contributed by atoms with E-state index in [0.29, 0.717) is 30.4 Å². The van der Waals surface area contributed by atoms with Gasteiger partial charge in [-0.2, -0.15) is 5.10 Å². The molecule has 4 aromatic rings. The van der Waals surface area contributed by atoms with E-state index in [-0.39, 0.29) is 17.1 Å². The molecule has 0 atom stereocenters. The second kappa shape index (κ2) is 8.17. The molecule has 9 nitrogen and oxygen atoms in total. The van der Waals surface area contributed by atoms with Crippen LogP contribution in [0.5, 0.6) is 0 Å². The standard InChI is InChI=1S/C22H23N7O2/c30-21(23-11-10-18-26-27-20-22(31)24-12-13-28(18)20)17-14-25-29(16-8-4-5-9-16)19(17)15-6-2-1-3-7-15/h1-3,6-7,12-14,16H,4-5,8-11H2,(H,23,30)(H,24,31). The molecule has 3 aromatic heterocycles. The van der Waals surface area contributed by atoms with Crippen molar-refractivity contribution in [3.63, 3.8) is 0 Å². The number of rotatable bonds is 6. The Kier molecular flexibility index (Phi) is 5.07. The van der Waals surface area contributed by atoms with Crippen LogP contribution < -0.4 is 10.9 Å². The average Bonchev–Trinajstić information content (AvgIpc) is 3.54. The number of nitrogens with one attached hydrogen (secondary N) is 2. The number of aromatic amines is 1. The summed E-state index contributed by atoms with van der Waals surface area (Å²) >= 11 is 0. The van der Waals surface area contributed by atoms with Gasteiger partial charge in [0.05, 0.1) is 23.5 Å². The third-order valence-electron chi connectivity index (χ3n) is 5.80. The number of hydrogen-bond donors (Lipinski definition) is 2. The summed E-state index contributed by atoms with van der Waals surface area (Å²) in [7, 11) is 0. The molecule has 0 unspecified atom stereocenters. The smallest absolute Gasteiger partial charge is 0.293 e. The number of carbonyl (C=O) groups is 1. The van der Waals surface area contributed by atoms with Crippen LogP contribution in [0.15, 0.2) is 53.7 Å². The van der Waals surface area contributed by atoms with Crippen molar-refractivity contribution in [1.29, 1.82) is 0 Å². The molecule has 31 heavy (non-hydrogen) atoms. The van der Waals surface area contributed by atoms with Crippen molar-refractivity contribution < 1.29 is 4.79 Å². The Balaban J connectivity index is 1.36. The van der Waals surface area contributed by atoms with Gasteiger partial charge in [-0.15, -0.1) is 10.2 Å². The van der Waals surface area contributed by atoms with E-state index in [1.807, 2.05) is 35.0 Å². The monoisotopic (exact) mass is 417 g/mol. The third-order valence-corrected chi connectivity index (χ3v) is 5.80. The number of carbonyl (C=O) groups excluding carboxylic acids is 1. The molecule has 0 spiro atoms. The molecule has 158 valence electrons. The largest absolute Gasteiger partial charge is 0.351 e. The molecule has 3 heterocycles. The first-order valence-electron chi connectivity index (χ1n) is 10.5. The minimum Gasteiger partial charge on any atom is -0.351 e. The Morgan fingerprint density at radius 2 is 1.97 bits per heavy atom. The van der Waals surface area contributed by atoms with Gasteiger partial charge in [0.1, 0.15) is 5.82 Å². The number of amides is 1. The fraction of sp³-hybridized carbons (Fsp3) is 0.318. The molecular weight excluding hydrogens is 394 g/mol. The van der Waals surface area contributed by atoms with Crippen LogP contribution in [0.2, 0.25) is 0 Å². The quantitative estimate of drug-likeness (QED) is 0.500. The summed E-state index contributed by atoms with van der Waals surface area (Å²) in [5.41, 5.74) is 2.37. The van der Waals surface area contributed by atoms with Gasteiger partial charge < -0.3 is 10.3 Å². The summed E-state index contributed by atoms with van der Waals surface area (Å²) in [5, 5.41) is 15.6. The number of benzene rings is 1. The van der Waals surface area contributed by atoms with E-state index in [2.05, 4.69) is 25.6 Å². The van der Waals surface area contributed by atoms with Gasteiger partial charge in [-0.05, 0) is 12.8 Å². The lowest BCUT2D eigenvalue weighted by Gasteiger charge is -2.15. The summed E-state index contributed by atoms with van der Waals surface area (Å²) < 4.78 is 3.66. The lowest BCUT2D eigenvalue weighted by molar-refractivity contribution is 0.0954. The van der Waals surface area contributed by atoms with Crippen LogP contribution in [0.1, 0.15) is 47.9 Å². The SMILES string of the molecule is O=C(NCCc1nnc2c(=O)[nH]ccn12)c1cnn(C2CCCC2)c1-c1ccccc1. The van der Waals surface area contributed by atoms with E-state index in [1.165, 1.54) is 12.8 Å². The van der Waals surface area contributed by atoms with Gasteiger partial charge in [0.2, 0.25) is 5.65 Å². The van der Waals surface area contributed by atoms with Gasteiger partial charge in [-0.1, -0.05) is 43.2 Å². The lowest BCUT2D eigenvalue weighted by atomic mass is 10.1. The van der Waals surface area contributed by atoms with Gasteiger partial charge >= 0.3 is 0 Å². The maximum absolute atomic E-state index is 13.1. The van der Waals surface area contributed by atoms with E-state index in [1.54, 1.807) is 23.0 Å². The summed E-state index contributed by atoms with van der Waals surface area (Å²) in [4.78, 5) is 27.4. The number of aromatic nitrogens is 6. The van der Waals surface area contributed by atoms with Crippen molar-refractivity contribution in [2.45, 2.75) is 38.1 Å². The second-order valence-electron chi connectivity index (χ2n) is 7.76. The Bertz CT molecular complexity index is 1270. The summed E-state index contributed by atoms with van der Waals surface area (Å²) in [6, 6.07) is 10.3. The summed E-state index contributed by atoms with van der Waals surface area (Å²) in [5.74, 6) is 0.445. The van der Waals surface area contributed by atoms with E-state index >= 15 is 0 Å². The predicted octanol–water partition coefficient (Wildman–Crippen LogP) is 2.37. The van der Waals surface area contributed by atoms with Gasteiger partial charge in [0.25, 0.3) is 11.5 Å². The highest BCUT2D eigenvalue weighted by Crippen LogP contribution is 2.34. The van der Waals surface area contributed by atoms with Crippen LogP contribution in [0.3, 0.4) is 0 Å². The fourth-order valence-corrected chi connectivity index (χ4v) is 4.28. The van der Waals surface area contributed by atoms with Crippen molar-refractivity contribution in [1.82, 2.24) is 34.7 Å². The van der Waals surface area contributed by atoms with Crippen LogP contribution in [-0.4, -0.2) is 41.8 Å². The van der Waals surface area contributed by atoms with E-state index in [9.17, 15) is 9.59 Å². The molecule has 0 bridgehead atoms. The van der Waals surface area contributed by atoms with Gasteiger partial charge in [-0.25, -0.2) is 0 Å². The molecule has 1 aliphatic rings. The van der Waals surface area contributed by atoms with Crippen molar-refractivity contribution in [3.8, 4) is 11.3 Å². The normalized spacial score (nSPS) is 14.3. The van der Waals surface area contributed by atoms with Crippen LogP contribution in [-0.2, 0) is 6.42 Å². The molecule has 1 saturated carbocycles. The zero-order valence-corrected chi connectivity index (χ0v) is 17.0. The molecule has 1 fully saturated rings. The number of hydrogen-bond acceptors (Lipinski definition) is 5. The highest BCUT2D eigenvalue weighted by Gasteiger charge is 2.25. The van der Waals surface area contributed by atoms with Crippen molar-refractivity contribution in [2.75, 3.05) is 6.54 Å². The van der Waals surface area contributed by atoms with Gasteiger partial charge in [-0.3, -0.25) is 18.7 Å². The van der Waals surface area contributed by atoms with Gasteiger partial charge in [0.15, 0.2) is 0 Å². The van der Waals surface area contributed by atoms with Gasteiger partial charge in [0, 0.05) is 30.9 Å². The number of nitrogens with zero attached hydrogens (tertiary/aromatic N) is 5. The van der Waals surface area contributed by atoms with Crippen molar-refractivity contribution in [3.05, 3.63) is 70.7 Å². The fourth-order valence-electron chi connectivity index (χ4n) is 4.28. The number of fused-ring (bicyclic) bond motifs is 1. The number of H-pyrrole nitrogens is 1. The van der Waals surface area contributed by atoms with Crippen LogP contribution in [0.25, 0.3) is 16.9 Å². The van der Waals surface area contributed by atoms with Crippen molar-refractivity contribution in [2.24, 2.45) is 0 Å². The van der Waals surface area contributed by atoms with E-state index < -0.39 is 0 Å². The Hall–Kier alpha value is -3.75. The summed E-state index contributed by atoms with van der Waals surface area (Å²) in [6.45, 7) is 0.370. The first-order chi connectivity index (χ1) is 15.2. The molecule has 5 rings (SSSR count). The van der Waals surface area contributed by atoms with Crippen LogP contribution >= 0.6 is 0 Å². The highest BCUT2D eigenvalue weighted by molar-refractivity contribution is 5.99. The van der Waals surface area contributed by atoms with E-state index in [0.717, 1.165) is 24.1 Å². The lowest BCUT2D eigenvalue weighted by Crippen LogP contribution is -2.26. The molecule has 2 N–H and O–H groups in total. The first-order valence-corrected chi connectivity index (χ1v) is 10.5. The molecule has 1 aromatic carbocycles. The van der Waals surface area contributed by atoms with E-state index in [4.69, 9.17) is 0 Å². The minimum absolute atomic E-state index is 0.172. The van der Waals surface area contributed by atoms with Crippen LogP contribution in [0, 0.1) is 0 Å². The third kappa shape index (κ3) is 3.63. The van der Waals surface area contributed by atoms with Crippen LogP contribution in [0.4, 0.5) is 0 Å². The molecule has 9 heteroatoms. The Morgan fingerprint density at radius 1 is 1.16 bits per heavy atom. The zero-order chi connectivity index (χ0) is 21.2. The molecule has 1 aliphatic carbocycles. The maximum atomic E-state index is 13.1. The molecular formula is C22H23N7O2. The minimum atomic E-state index is -0.294. The molecule has 0 aliphatic heterocycles. The maximum Gasteiger partial charge on any atom is 0.293 e. The Labute approximate surface area is 178 Å². The molecule has 0 radical (unpaired) electrons. The average molecular weight is 417 g/mol. The second-order valence-corrected chi connectivity index (χ2v) is 7.76. The topological polar surface area (TPSA) is 110 Å². The summed E-state index contributed by atoms with van der Waals surface area (Å²) in [6.07, 6.45) is 9.92. The molecule has 0 saturated heterocycles. The Morgan fingerprint density at radius 3 is 2.77 bits per heavy atom. The molecule has 1 amide bonds. The zero-order valence-electron chi connectivity index (χ0n) is 17.0. The highest BCUT2D eigenvalue weighted by atomic mass is 16.1. The first kappa shape index (κ1) is 19.2.